The third kappa shape index (κ3) is 1.88. The number of furan rings is 1. The fourth-order valence-corrected chi connectivity index (χ4v) is 1.83. The van der Waals surface area contributed by atoms with Gasteiger partial charge in [0.25, 0.3) is 0 Å². The Labute approximate surface area is 81.7 Å². The molecule has 1 aromatic heterocycles. The van der Waals surface area contributed by atoms with Crippen molar-refractivity contribution in [2.45, 2.75) is 12.5 Å². The van der Waals surface area contributed by atoms with Gasteiger partial charge < -0.3 is 14.8 Å². The zero-order valence-electron chi connectivity index (χ0n) is 7.16. The van der Waals surface area contributed by atoms with Gasteiger partial charge in [-0.15, -0.1) is 0 Å². The molecule has 2 rings (SSSR count). The third-order valence-electron chi connectivity index (χ3n) is 2.42. The highest BCUT2D eigenvalue weighted by Gasteiger charge is 2.26. The Hall–Kier alpha value is -0.510. The predicted molar refractivity (Wildman–Crippen MR) is 49.7 cm³/mol. The van der Waals surface area contributed by atoms with Gasteiger partial charge in [0.2, 0.25) is 0 Å². The number of hydrogen-bond donors (Lipinski definition) is 2. The number of aliphatic hydroxyl groups is 1. The van der Waals surface area contributed by atoms with Crippen LogP contribution in [0.5, 0.6) is 0 Å². The summed E-state index contributed by atoms with van der Waals surface area (Å²) in [7, 11) is 0. The molecular weight excluding hydrogens is 190 g/mol. The van der Waals surface area contributed by atoms with Crippen LogP contribution in [0.3, 0.4) is 0 Å². The molecule has 0 spiro atoms. The maximum absolute atomic E-state index is 8.94. The Bertz CT molecular complexity index is 287. The lowest BCUT2D eigenvalue weighted by atomic mass is 10.1. The van der Waals surface area contributed by atoms with Crippen molar-refractivity contribution in [1.82, 2.24) is 5.32 Å². The lowest BCUT2D eigenvalue weighted by Crippen LogP contribution is -2.14. The molecule has 2 unspecified atom stereocenters. The summed E-state index contributed by atoms with van der Waals surface area (Å²) in [4.78, 5) is 0. The minimum absolute atomic E-state index is 0.213. The van der Waals surface area contributed by atoms with Crippen LogP contribution in [0.1, 0.15) is 18.2 Å². The van der Waals surface area contributed by atoms with E-state index >= 15 is 0 Å². The molecule has 2 N–H and O–H groups in total. The van der Waals surface area contributed by atoms with Crippen LogP contribution in [0.2, 0.25) is 5.22 Å². The first-order valence-corrected chi connectivity index (χ1v) is 4.77. The number of rotatable bonds is 2. The van der Waals surface area contributed by atoms with E-state index in [0.717, 1.165) is 18.7 Å². The molecule has 1 saturated heterocycles. The van der Waals surface area contributed by atoms with Crippen molar-refractivity contribution in [2.24, 2.45) is 5.92 Å². The second-order valence-corrected chi connectivity index (χ2v) is 3.76. The summed E-state index contributed by atoms with van der Waals surface area (Å²) in [6.45, 7) is 1.08. The van der Waals surface area contributed by atoms with Gasteiger partial charge in [-0.3, -0.25) is 0 Å². The molecule has 4 heteroatoms. The van der Waals surface area contributed by atoms with Gasteiger partial charge in [-0.1, -0.05) is 0 Å². The summed E-state index contributed by atoms with van der Waals surface area (Å²) >= 11 is 5.67. The topological polar surface area (TPSA) is 45.4 Å². The van der Waals surface area contributed by atoms with Crippen LogP contribution in [-0.2, 0) is 0 Å². The number of halogens is 1. The van der Waals surface area contributed by atoms with Crippen LogP contribution in [0.25, 0.3) is 0 Å². The van der Waals surface area contributed by atoms with E-state index in [2.05, 4.69) is 5.32 Å². The SMILES string of the molecule is OCC1CNC(c2ccc(Cl)o2)C1. The van der Waals surface area contributed by atoms with Gasteiger partial charge in [-0.05, 0) is 36.1 Å². The summed E-state index contributed by atoms with van der Waals surface area (Å²) in [5.41, 5.74) is 0. The van der Waals surface area contributed by atoms with Crippen LogP contribution >= 0.6 is 11.6 Å². The van der Waals surface area contributed by atoms with Gasteiger partial charge in [0.15, 0.2) is 5.22 Å². The molecule has 0 saturated carbocycles. The standard InChI is InChI=1S/C9H12ClNO2/c10-9-2-1-8(13-9)7-3-6(5-12)4-11-7/h1-2,6-7,11-12H,3-5H2. The van der Waals surface area contributed by atoms with E-state index in [4.69, 9.17) is 21.1 Å². The highest BCUT2D eigenvalue weighted by Crippen LogP contribution is 2.29. The summed E-state index contributed by atoms with van der Waals surface area (Å²) < 4.78 is 5.28. The zero-order chi connectivity index (χ0) is 9.26. The van der Waals surface area contributed by atoms with Crippen molar-refractivity contribution >= 4 is 11.6 Å². The first kappa shape index (κ1) is 9.06. The Morgan fingerprint density at radius 3 is 3.00 bits per heavy atom. The Kier molecular flexibility index (Phi) is 2.58. The largest absolute Gasteiger partial charge is 0.448 e. The fourth-order valence-electron chi connectivity index (χ4n) is 1.68. The molecule has 0 amide bonds. The maximum atomic E-state index is 8.94. The Morgan fingerprint density at radius 2 is 2.46 bits per heavy atom. The van der Waals surface area contributed by atoms with Crippen molar-refractivity contribution in [1.29, 1.82) is 0 Å². The average molecular weight is 202 g/mol. The van der Waals surface area contributed by atoms with E-state index in [0.29, 0.717) is 11.1 Å². The van der Waals surface area contributed by atoms with Crippen LogP contribution < -0.4 is 5.32 Å². The highest BCUT2D eigenvalue weighted by molar-refractivity contribution is 6.28. The molecule has 0 radical (unpaired) electrons. The van der Waals surface area contributed by atoms with Crippen molar-refractivity contribution in [3.05, 3.63) is 23.1 Å². The second-order valence-electron chi connectivity index (χ2n) is 3.39. The lowest BCUT2D eigenvalue weighted by molar-refractivity contribution is 0.235. The van der Waals surface area contributed by atoms with Crippen molar-refractivity contribution in [2.75, 3.05) is 13.2 Å². The van der Waals surface area contributed by atoms with Gasteiger partial charge in [0.05, 0.1) is 6.04 Å². The average Bonchev–Trinajstić information content (AvgIpc) is 2.71. The Morgan fingerprint density at radius 1 is 1.62 bits per heavy atom. The van der Waals surface area contributed by atoms with Crippen molar-refractivity contribution in [3.8, 4) is 0 Å². The van der Waals surface area contributed by atoms with Gasteiger partial charge in [-0.2, -0.15) is 0 Å². The summed E-state index contributed by atoms with van der Waals surface area (Å²) in [6, 6.07) is 3.83. The summed E-state index contributed by atoms with van der Waals surface area (Å²) in [5.74, 6) is 1.20. The summed E-state index contributed by atoms with van der Waals surface area (Å²) in [6.07, 6.45) is 0.917. The monoisotopic (exact) mass is 201 g/mol. The summed E-state index contributed by atoms with van der Waals surface area (Å²) in [5, 5.41) is 12.6. The van der Waals surface area contributed by atoms with Gasteiger partial charge >= 0.3 is 0 Å². The number of aliphatic hydroxyl groups excluding tert-OH is 1. The van der Waals surface area contributed by atoms with Gasteiger partial charge in [0.1, 0.15) is 5.76 Å². The van der Waals surface area contributed by atoms with E-state index in [1.807, 2.05) is 6.07 Å². The van der Waals surface area contributed by atoms with E-state index in [9.17, 15) is 0 Å². The minimum Gasteiger partial charge on any atom is -0.448 e. The molecule has 13 heavy (non-hydrogen) atoms. The quantitative estimate of drug-likeness (QED) is 0.764. The van der Waals surface area contributed by atoms with Crippen LogP contribution in [0.4, 0.5) is 0 Å². The molecule has 0 aliphatic carbocycles. The van der Waals surface area contributed by atoms with Gasteiger partial charge in [0, 0.05) is 13.2 Å². The normalized spacial score (nSPS) is 28.2. The molecule has 0 bridgehead atoms. The van der Waals surface area contributed by atoms with E-state index in [1.165, 1.54) is 0 Å². The lowest BCUT2D eigenvalue weighted by Gasteiger charge is -2.05. The molecule has 1 aliphatic rings. The van der Waals surface area contributed by atoms with E-state index < -0.39 is 0 Å². The zero-order valence-corrected chi connectivity index (χ0v) is 7.92. The third-order valence-corrected chi connectivity index (χ3v) is 2.62. The van der Waals surface area contributed by atoms with E-state index in [1.54, 1.807) is 6.07 Å². The second kappa shape index (κ2) is 3.70. The van der Waals surface area contributed by atoms with Crippen LogP contribution in [0, 0.1) is 5.92 Å². The molecule has 1 aromatic rings. The van der Waals surface area contributed by atoms with Crippen molar-refractivity contribution < 1.29 is 9.52 Å². The highest BCUT2D eigenvalue weighted by atomic mass is 35.5. The maximum Gasteiger partial charge on any atom is 0.193 e. The molecule has 1 fully saturated rings. The minimum atomic E-state index is 0.213. The van der Waals surface area contributed by atoms with Crippen LogP contribution in [-0.4, -0.2) is 18.3 Å². The van der Waals surface area contributed by atoms with Gasteiger partial charge in [-0.25, -0.2) is 0 Å². The van der Waals surface area contributed by atoms with E-state index in [-0.39, 0.29) is 12.6 Å². The predicted octanol–water partition coefficient (Wildman–Crippen LogP) is 1.58. The molecule has 0 aromatic carbocycles. The van der Waals surface area contributed by atoms with Crippen molar-refractivity contribution in [3.63, 3.8) is 0 Å². The Balaban J connectivity index is 2.03. The molecular formula is C9H12ClNO2. The molecule has 2 heterocycles. The first-order chi connectivity index (χ1) is 6.29. The number of hydrogen-bond acceptors (Lipinski definition) is 3. The fraction of sp³-hybridized carbons (Fsp3) is 0.556. The number of nitrogens with one attached hydrogen (secondary N) is 1. The molecule has 1 aliphatic heterocycles. The molecule has 3 nitrogen and oxygen atoms in total. The molecule has 2 atom stereocenters. The smallest absolute Gasteiger partial charge is 0.193 e. The van der Waals surface area contributed by atoms with Crippen LogP contribution in [0.15, 0.2) is 16.5 Å². The molecule has 72 valence electrons. The first-order valence-electron chi connectivity index (χ1n) is 4.39.